The molecule has 2 atom stereocenters. The maximum atomic E-state index is 11.3. The van der Waals surface area contributed by atoms with Crippen LogP contribution in [0.15, 0.2) is 47.6 Å². The Morgan fingerprint density at radius 1 is 1.12 bits per heavy atom. The highest BCUT2D eigenvalue weighted by atomic mass is 32.2. The van der Waals surface area contributed by atoms with E-state index >= 15 is 0 Å². The lowest BCUT2D eigenvalue weighted by molar-refractivity contribution is 0.262. The van der Waals surface area contributed by atoms with E-state index < -0.39 is 0 Å². The molecule has 134 valence electrons. The fourth-order valence-electron chi connectivity index (χ4n) is 3.71. The van der Waals surface area contributed by atoms with Gasteiger partial charge in [0.1, 0.15) is 0 Å². The first-order valence-electron chi connectivity index (χ1n) is 9.55. The number of thioether (sulfide) groups is 1. The van der Waals surface area contributed by atoms with Crippen molar-refractivity contribution >= 4 is 17.0 Å². The van der Waals surface area contributed by atoms with Gasteiger partial charge in [-0.05, 0) is 55.6 Å². The molecule has 0 spiro atoms. The fourth-order valence-corrected chi connectivity index (χ4v) is 4.62. The van der Waals surface area contributed by atoms with Crippen molar-refractivity contribution in [3.05, 3.63) is 58.7 Å². The van der Waals surface area contributed by atoms with Crippen molar-refractivity contribution in [2.24, 2.45) is 5.92 Å². The molecular weight excluding hydrogens is 326 g/mol. The lowest BCUT2D eigenvalue weighted by atomic mass is 9.84. The predicted octanol–water partition coefficient (Wildman–Crippen LogP) is 5.68. The van der Waals surface area contributed by atoms with Gasteiger partial charge in [-0.3, -0.25) is 4.79 Å². The van der Waals surface area contributed by atoms with E-state index in [1.54, 1.807) is 5.57 Å². The summed E-state index contributed by atoms with van der Waals surface area (Å²) < 4.78 is 0. The van der Waals surface area contributed by atoms with Crippen LogP contribution >= 0.6 is 11.8 Å². The average molecular weight is 356 g/mol. The molecule has 2 nitrogen and oxygen atoms in total. The van der Waals surface area contributed by atoms with E-state index in [-0.39, 0.29) is 5.24 Å². The van der Waals surface area contributed by atoms with Gasteiger partial charge in [-0.1, -0.05) is 73.2 Å². The van der Waals surface area contributed by atoms with Crippen LogP contribution in [0.5, 0.6) is 0 Å². The monoisotopic (exact) mass is 355 g/mol. The maximum Gasteiger partial charge on any atom is 0.279 e. The van der Waals surface area contributed by atoms with Crippen LogP contribution < -0.4 is 5.32 Å². The van der Waals surface area contributed by atoms with Gasteiger partial charge in [0.2, 0.25) is 0 Å². The van der Waals surface area contributed by atoms with E-state index in [0.29, 0.717) is 11.2 Å². The SMILES string of the molecule is CCc1ccc(CCCC2=CC=C(C[C@@H]3CNC(=O)S3)C(C)C2)cc1. The van der Waals surface area contributed by atoms with Gasteiger partial charge < -0.3 is 5.32 Å². The Morgan fingerprint density at radius 3 is 2.52 bits per heavy atom. The summed E-state index contributed by atoms with van der Waals surface area (Å²) in [5, 5.41) is 3.47. The predicted molar refractivity (Wildman–Crippen MR) is 108 cm³/mol. The van der Waals surface area contributed by atoms with Crippen LogP contribution in [0.1, 0.15) is 50.7 Å². The molecule has 3 rings (SSSR count). The van der Waals surface area contributed by atoms with E-state index in [9.17, 15) is 4.79 Å². The second-order valence-electron chi connectivity index (χ2n) is 7.31. The third-order valence-electron chi connectivity index (χ3n) is 5.34. The standard InChI is InChI=1S/C22H29NOS/c1-3-17-7-9-18(10-8-17)5-4-6-19-11-12-20(16(2)13-19)14-21-15-23-22(24)25-21/h7-12,16,21H,3-6,13-15H2,1-2H3,(H,23,24)/t16?,21-/m1/s1. The van der Waals surface area contributed by atoms with E-state index in [0.717, 1.165) is 19.4 Å². The molecule has 25 heavy (non-hydrogen) atoms. The Balaban J connectivity index is 1.47. The van der Waals surface area contributed by atoms with Crippen LogP contribution in [0.2, 0.25) is 0 Å². The number of aryl methyl sites for hydroxylation is 2. The molecule has 1 fully saturated rings. The van der Waals surface area contributed by atoms with E-state index in [1.165, 1.54) is 54.1 Å². The van der Waals surface area contributed by atoms with Gasteiger partial charge in [0.25, 0.3) is 5.24 Å². The number of amides is 1. The van der Waals surface area contributed by atoms with Crippen molar-refractivity contribution in [2.45, 2.75) is 57.6 Å². The van der Waals surface area contributed by atoms with Gasteiger partial charge in [0.05, 0.1) is 0 Å². The molecule has 1 N–H and O–H groups in total. The van der Waals surface area contributed by atoms with Gasteiger partial charge in [-0.15, -0.1) is 0 Å². The smallest absolute Gasteiger partial charge is 0.279 e. The molecular formula is C22H29NOS. The highest BCUT2D eigenvalue weighted by Gasteiger charge is 2.25. The van der Waals surface area contributed by atoms with Crippen molar-refractivity contribution in [1.82, 2.24) is 5.32 Å². The minimum atomic E-state index is 0.136. The molecule has 1 heterocycles. The molecule has 1 aromatic rings. The Bertz CT molecular complexity index is 659. The first-order valence-corrected chi connectivity index (χ1v) is 10.4. The van der Waals surface area contributed by atoms with E-state index in [4.69, 9.17) is 0 Å². The molecule has 0 saturated carbocycles. The van der Waals surface area contributed by atoms with E-state index in [2.05, 4.69) is 55.6 Å². The van der Waals surface area contributed by atoms with Crippen LogP contribution in [-0.2, 0) is 12.8 Å². The highest BCUT2D eigenvalue weighted by molar-refractivity contribution is 8.14. The molecule has 1 aromatic carbocycles. The summed E-state index contributed by atoms with van der Waals surface area (Å²) >= 11 is 1.46. The molecule has 1 unspecified atom stereocenters. The number of rotatable bonds is 7. The largest absolute Gasteiger partial charge is 0.346 e. The second-order valence-corrected chi connectivity index (χ2v) is 8.58. The van der Waals surface area contributed by atoms with Gasteiger partial charge in [0, 0.05) is 11.8 Å². The Morgan fingerprint density at radius 2 is 1.88 bits per heavy atom. The molecule has 1 amide bonds. The van der Waals surface area contributed by atoms with Gasteiger partial charge in [-0.2, -0.15) is 0 Å². The summed E-state index contributed by atoms with van der Waals surface area (Å²) in [6.07, 6.45) is 11.6. The van der Waals surface area contributed by atoms with Crippen LogP contribution in [0.3, 0.4) is 0 Å². The second kappa shape index (κ2) is 8.75. The number of carbonyl (C=O) groups is 1. The molecule has 2 aliphatic rings. The maximum absolute atomic E-state index is 11.3. The summed E-state index contributed by atoms with van der Waals surface area (Å²) in [7, 11) is 0. The number of nitrogens with one attached hydrogen (secondary N) is 1. The number of hydrogen-bond acceptors (Lipinski definition) is 2. The molecule has 1 aliphatic heterocycles. The summed E-state index contributed by atoms with van der Waals surface area (Å²) in [5.41, 5.74) is 5.96. The zero-order valence-corrected chi connectivity index (χ0v) is 16.2. The molecule has 1 aliphatic carbocycles. The van der Waals surface area contributed by atoms with Crippen molar-refractivity contribution < 1.29 is 4.79 Å². The summed E-state index contributed by atoms with van der Waals surface area (Å²) in [6, 6.07) is 9.08. The third-order valence-corrected chi connectivity index (χ3v) is 6.37. The first-order chi connectivity index (χ1) is 12.1. The number of benzene rings is 1. The van der Waals surface area contributed by atoms with Gasteiger partial charge in [0.15, 0.2) is 0 Å². The summed E-state index contributed by atoms with van der Waals surface area (Å²) in [4.78, 5) is 11.3. The first kappa shape index (κ1) is 18.3. The van der Waals surface area contributed by atoms with Crippen LogP contribution in [0.4, 0.5) is 4.79 Å². The summed E-state index contributed by atoms with van der Waals surface area (Å²) in [5.74, 6) is 0.611. The Hall–Kier alpha value is -1.48. The van der Waals surface area contributed by atoms with Crippen molar-refractivity contribution in [3.8, 4) is 0 Å². The lowest BCUT2D eigenvalue weighted by Gasteiger charge is -2.23. The quantitative estimate of drug-likeness (QED) is 0.682. The van der Waals surface area contributed by atoms with Crippen LogP contribution in [0.25, 0.3) is 0 Å². The van der Waals surface area contributed by atoms with Gasteiger partial charge in [-0.25, -0.2) is 0 Å². The lowest BCUT2D eigenvalue weighted by Crippen LogP contribution is -2.17. The topological polar surface area (TPSA) is 29.1 Å². The third kappa shape index (κ3) is 5.24. The summed E-state index contributed by atoms with van der Waals surface area (Å²) in [6.45, 7) is 5.35. The zero-order valence-electron chi connectivity index (χ0n) is 15.4. The minimum absolute atomic E-state index is 0.136. The van der Waals surface area contributed by atoms with Gasteiger partial charge >= 0.3 is 0 Å². The minimum Gasteiger partial charge on any atom is -0.346 e. The zero-order chi connectivity index (χ0) is 17.6. The van der Waals surface area contributed by atoms with Crippen LogP contribution in [-0.4, -0.2) is 17.0 Å². The molecule has 0 bridgehead atoms. The Kier molecular flexibility index (Phi) is 6.41. The molecule has 1 saturated heterocycles. The van der Waals surface area contributed by atoms with Crippen molar-refractivity contribution in [2.75, 3.05) is 6.54 Å². The van der Waals surface area contributed by atoms with Crippen LogP contribution in [0, 0.1) is 5.92 Å². The van der Waals surface area contributed by atoms with E-state index in [1.807, 2.05) is 0 Å². The highest BCUT2D eigenvalue weighted by Crippen LogP contribution is 2.33. The number of carbonyl (C=O) groups excluding carboxylic acids is 1. The normalized spacial score (nSPS) is 23.2. The molecule has 0 radical (unpaired) electrons. The Labute approximate surface area is 156 Å². The van der Waals surface area contributed by atoms with Crippen molar-refractivity contribution in [1.29, 1.82) is 0 Å². The molecule has 0 aromatic heterocycles. The fraction of sp³-hybridized carbons (Fsp3) is 0.500. The number of hydrogen-bond donors (Lipinski definition) is 1. The average Bonchev–Trinajstić information content (AvgIpc) is 3.03. The number of allylic oxidation sites excluding steroid dienone is 4. The van der Waals surface area contributed by atoms with Crippen molar-refractivity contribution in [3.63, 3.8) is 0 Å². The molecule has 3 heteroatoms.